The lowest BCUT2D eigenvalue weighted by Crippen LogP contribution is -2.28. The summed E-state index contributed by atoms with van der Waals surface area (Å²) in [5.41, 5.74) is -0.123. The first-order valence-electron chi connectivity index (χ1n) is 9.15. The number of hydrogen-bond donors (Lipinski definition) is 1. The van der Waals surface area contributed by atoms with Crippen molar-refractivity contribution in [2.45, 2.75) is 78.4 Å². The molecule has 160 valence electrons. The summed E-state index contributed by atoms with van der Waals surface area (Å²) in [5.74, 6) is 0. The van der Waals surface area contributed by atoms with Crippen LogP contribution in [0.2, 0.25) is 0 Å². The zero-order valence-corrected chi connectivity index (χ0v) is 17.5. The average molecular weight is 400 g/mol. The summed E-state index contributed by atoms with van der Waals surface area (Å²) in [6, 6.07) is 1.69. The predicted octanol–water partition coefficient (Wildman–Crippen LogP) is 1.75. The Balaban J connectivity index is 0.000000612. The van der Waals surface area contributed by atoms with Gasteiger partial charge >= 0.3 is 5.69 Å². The Bertz CT molecular complexity index is 640. The van der Waals surface area contributed by atoms with E-state index >= 15 is 0 Å². The van der Waals surface area contributed by atoms with E-state index in [2.05, 4.69) is 28.3 Å². The fraction of sp³-hybridized carbons (Fsp3) is 0.684. The third kappa shape index (κ3) is 10.2. The van der Waals surface area contributed by atoms with Crippen molar-refractivity contribution in [2.24, 2.45) is 0 Å². The Labute approximate surface area is 165 Å². The largest absolute Gasteiger partial charge is 0.465 e. The summed E-state index contributed by atoms with van der Waals surface area (Å²) in [4.78, 5) is 35.1. The molecule has 1 aromatic rings. The SMILES string of the molecule is CC(C)(C)OC=O.CCC.Cc1ccn([C@@H]2CC(O)[C@H](COC=O)O2)c(=O)n1. The molecule has 0 aliphatic carbocycles. The molecular weight excluding hydrogens is 368 g/mol. The summed E-state index contributed by atoms with van der Waals surface area (Å²) in [7, 11) is 0. The van der Waals surface area contributed by atoms with Gasteiger partial charge in [0.2, 0.25) is 0 Å². The normalized spacial score (nSPS) is 20.8. The summed E-state index contributed by atoms with van der Waals surface area (Å²) in [6.07, 6.45) is 1.11. The molecule has 9 nitrogen and oxygen atoms in total. The van der Waals surface area contributed by atoms with Crippen LogP contribution in [-0.4, -0.2) is 52.0 Å². The van der Waals surface area contributed by atoms with Crippen molar-refractivity contribution in [1.82, 2.24) is 9.55 Å². The molecule has 28 heavy (non-hydrogen) atoms. The molecule has 1 N–H and O–H groups in total. The van der Waals surface area contributed by atoms with Crippen LogP contribution in [0, 0.1) is 6.92 Å². The van der Waals surface area contributed by atoms with Crippen LogP contribution >= 0.6 is 0 Å². The Morgan fingerprint density at radius 2 is 1.93 bits per heavy atom. The number of rotatable bonds is 5. The van der Waals surface area contributed by atoms with Crippen LogP contribution in [0.25, 0.3) is 0 Å². The van der Waals surface area contributed by atoms with Crippen molar-refractivity contribution in [2.75, 3.05) is 6.61 Å². The maximum absolute atomic E-state index is 11.7. The van der Waals surface area contributed by atoms with E-state index in [1.807, 2.05) is 20.8 Å². The molecule has 0 amide bonds. The molecule has 1 aromatic heterocycles. The van der Waals surface area contributed by atoms with Crippen molar-refractivity contribution in [3.8, 4) is 0 Å². The Morgan fingerprint density at radius 1 is 1.32 bits per heavy atom. The predicted molar refractivity (Wildman–Crippen MR) is 103 cm³/mol. The number of carbonyl (C=O) groups is 2. The topological polar surface area (TPSA) is 117 Å². The molecule has 0 radical (unpaired) electrons. The molecule has 2 rings (SSSR count). The smallest absolute Gasteiger partial charge is 0.349 e. The van der Waals surface area contributed by atoms with Gasteiger partial charge in [0, 0.05) is 18.3 Å². The summed E-state index contributed by atoms with van der Waals surface area (Å²) in [6.45, 7) is 12.2. The number of nitrogens with zero attached hydrogens (tertiary/aromatic N) is 2. The maximum Gasteiger partial charge on any atom is 0.349 e. The van der Waals surface area contributed by atoms with Crippen molar-refractivity contribution < 1.29 is 28.9 Å². The lowest BCUT2D eigenvalue weighted by Gasteiger charge is -2.14. The molecule has 9 heteroatoms. The zero-order chi connectivity index (χ0) is 21.7. The molecule has 1 aliphatic rings. The van der Waals surface area contributed by atoms with E-state index in [1.165, 1.54) is 11.0 Å². The lowest BCUT2D eigenvalue weighted by molar-refractivity contribution is -0.138. The Morgan fingerprint density at radius 3 is 2.36 bits per heavy atom. The van der Waals surface area contributed by atoms with E-state index in [4.69, 9.17) is 4.74 Å². The summed E-state index contributed by atoms with van der Waals surface area (Å²) in [5, 5.41) is 9.74. The van der Waals surface area contributed by atoms with Crippen LogP contribution < -0.4 is 5.69 Å². The van der Waals surface area contributed by atoms with Crippen LogP contribution in [0.15, 0.2) is 17.1 Å². The second kappa shape index (κ2) is 13.0. The second-order valence-corrected chi connectivity index (χ2v) is 7.15. The van der Waals surface area contributed by atoms with Crippen LogP contribution in [0.3, 0.4) is 0 Å². The average Bonchev–Trinajstić information content (AvgIpc) is 2.93. The first-order valence-corrected chi connectivity index (χ1v) is 9.15. The van der Waals surface area contributed by atoms with E-state index in [0.29, 0.717) is 18.6 Å². The highest BCUT2D eigenvalue weighted by molar-refractivity contribution is 5.37. The van der Waals surface area contributed by atoms with Gasteiger partial charge in [-0.05, 0) is 33.8 Å². The third-order valence-electron chi connectivity index (χ3n) is 3.21. The Kier molecular flexibility index (Phi) is 12.0. The van der Waals surface area contributed by atoms with E-state index in [9.17, 15) is 19.5 Å². The highest BCUT2D eigenvalue weighted by Crippen LogP contribution is 2.27. The molecular formula is C19H32N2O7. The van der Waals surface area contributed by atoms with Gasteiger partial charge in [-0.1, -0.05) is 20.3 Å². The molecule has 2 heterocycles. The van der Waals surface area contributed by atoms with Crippen molar-refractivity contribution in [3.05, 3.63) is 28.4 Å². The number of aliphatic hydroxyl groups excluding tert-OH is 1. The van der Waals surface area contributed by atoms with Gasteiger partial charge in [-0.3, -0.25) is 14.2 Å². The number of aryl methyl sites for hydroxylation is 1. The van der Waals surface area contributed by atoms with Gasteiger partial charge in [0.05, 0.1) is 6.10 Å². The van der Waals surface area contributed by atoms with E-state index in [1.54, 1.807) is 19.2 Å². The fourth-order valence-corrected chi connectivity index (χ4v) is 2.03. The molecule has 0 saturated carbocycles. The minimum Gasteiger partial charge on any atom is -0.465 e. The van der Waals surface area contributed by atoms with Crippen molar-refractivity contribution in [1.29, 1.82) is 0 Å². The number of aliphatic hydroxyl groups is 1. The first kappa shape index (κ1) is 25.7. The quantitative estimate of drug-likeness (QED) is 0.743. The molecule has 1 aliphatic heterocycles. The number of hydrogen-bond acceptors (Lipinski definition) is 8. The molecule has 0 aromatic carbocycles. The number of ether oxygens (including phenoxy) is 3. The van der Waals surface area contributed by atoms with Gasteiger partial charge in [0.1, 0.15) is 24.5 Å². The lowest BCUT2D eigenvalue weighted by atomic mass is 10.2. The first-order chi connectivity index (χ1) is 13.1. The minimum atomic E-state index is -0.775. The number of carbonyl (C=O) groups excluding carboxylic acids is 2. The van der Waals surface area contributed by atoms with Crippen molar-refractivity contribution >= 4 is 12.9 Å². The third-order valence-corrected chi connectivity index (χ3v) is 3.21. The van der Waals surface area contributed by atoms with Crippen LogP contribution in [-0.2, 0) is 23.8 Å². The fourth-order valence-electron chi connectivity index (χ4n) is 2.03. The van der Waals surface area contributed by atoms with Crippen LogP contribution in [0.5, 0.6) is 0 Å². The monoisotopic (exact) mass is 400 g/mol. The van der Waals surface area contributed by atoms with E-state index in [-0.39, 0.29) is 18.6 Å². The van der Waals surface area contributed by atoms with Crippen LogP contribution in [0.4, 0.5) is 0 Å². The maximum atomic E-state index is 11.7. The van der Waals surface area contributed by atoms with Crippen LogP contribution in [0.1, 0.15) is 59.4 Å². The summed E-state index contributed by atoms with van der Waals surface area (Å²) >= 11 is 0. The molecule has 0 bridgehead atoms. The molecule has 1 unspecified atom stereocenters. The molecule has 1 fully saturated rings. The standard InChI is InChI=1S/C11H14N2O5.C5H10O2.C3H8/c1-7-2-3-13(11(16)12-7)10-4-8(15)9(18-10)5-17-6-14;1-5(2,3)7-4-6;1-3-2/h2-3,6,8-10,15H,4-5H2,1H3;4H,1-3H3;3H2,1-2H3/t8?,9-,10-;;/m0../s1. The zero-order valence-electron chi connectivity index (χ0n) is 17.5. The Hall–Kier alpha value is -2.26. The number of aromatic nitrogens is 2. The molecule has 3 atom stereocenters. The van der Waals surface area contributed by atoms with Gasteiger partial charge in [-0.25, -0.2) is 4.79 Å². The van der Waals surface area contributed by atoms with Gasteiger partial charge in [0.15, 0.2) is 0 Å². The van der Waals surface area contributed by atoms with Gasteiger partial charge in [-0.15, -0.1) is 0 Å². The van der Waals surface area contributed by atoms with E-state index in [0.717, 1.165) is 0 Å². The minimum absolute atomic E-state index is 0.0325. The van der Waals surface area contributed by atoms with Gasteiger partial charge in [-0.2, -0.15) is 4.98 Å². The van der Waals surface area contributed by atoms with E-state index < -0.39 is 24.1 Å². The van der Waals surface area contributed by atoms with Crippen molar-refractivity contribution in [3.63, 3.8) is 0 Å². The molecule has 1 saturated heterocycles. The highest BCUT2D eigenvalue weighted by Gasteiger charge is 2.35. The van der Waals surface area contributed by atoms with Gasteiger partial charge in [0.25, 0.3) is 12.9 Å². The van der Waals surface area contributed by atoms with Gasteiger partial charge < -0.3 is 19.3 Å². The summed E-state index contributed by atoms with van der Waals surface area (Å²) < 4.78 is 15.9. The second-order valence-electron chi connectivity index (χ2n) is 7.15. The highest BCUT2D eigenvalue weighted by atomic mass is 16.6. The molecule has 0 spiro atoms.